The second-order valence-corrected chi connectivity index (χ2v) is 6.67. The van der Waals surface area contributed by atoms with Crippen LogP contribution < -0.4 is 4.90 Å². The van der Waals surface area contributed by atoms with Crippen molar-refractivity contribution in [2.75, 3.05) is 31.1 Å². The van der Waals surface area contributed by atoms with Gasteiger partial charge in [-0.15, -0.1) is 0 Å². The van der Waals surface area contributed by atoms with Crippen molar-refractivity contribution < 1.29 is 4.79 Å². The number of benzene rings is 1. The highest BCUT2D eigenvalue weighted by molar-refractivity contribution is 6.02. The number of nitrogens with zero attached hydrogens (tertiary/aromatic N) is 4. The maximum absolute atomic E-state index is 12.8. The zero-order valence-electron chi connectivity index (χ0n) is 15.6. The molecule has 0 atom stereocenters. The molecule has 5 heteroatoms. The molecule has 1 aliphatic heterocycles. The average Bonchev–Trinajstić information content (AvgIpc) is 2.93. The number of anilines is 1. The van der Waals surface area contributed by atoms with Gasteiger partial charge < -0.3 is 14.4 Å². The van der Waals surface area contributed by atoms with Gasteiger partial charge in [0.2, 0.25) is 0 Å². The Bertz CT molecular complexity index is 865. The quantitative estimate of drug-likeness (QED) is 0.633. The van der Waals surface area contributed by atoms with Crippen LogP contribution in [0.15, 0.2) is 42.0 Å². The molecule has 0 radical (unpaired) electrons. The molecule has 5 nitrogen and oxygen atoms in total. The van der Waals surface area contributed by atoms with Gasteiger partial charge in [0.05, 0.1) is 0 Å². The van der Waals surface area contributed by atoms with Crippen molar-refractivity contribution >= 4 is 17.7 Å². The molecule has 3 rings (SSSR count). The molecule has 26 heavy (non-hydrogen) atoms. The van der Waals surface area contributed by atoms with E-state index in [-0.39, 0.29) is 11.5 Å². The third-order valence-electron chi connectivity index (χ3n) is 5.15. The van der Waals surface area contributed by atoms with Crippen LogP contribution in [0.4, 0.5) is 5.69 Å². The van der Waals surface area contributed by atoms with E-state index in [0.29, 0.717) is 13.1 Å². The van der Waals surface area contributed by atoms with Gasteiger partial charge in [0.15, 0.2) is 0 Å². The molecule has 1 aliphatic rings. The average molecular weight is 348 g/mol. The van der Waals surface area contributed by atoms with E-state index in [1.54, 1.807) is 11.0 Å². The van der Waals surface area contributed by atoms with Crippen LogP contribution in [0.5, 0.6) is 0 Å². The van der Waals surface area contributed by atoms with Crippen LogP contribution in [0.25, 0.3) is 6.08 Å². The van der Waals surface area contributed by atoms with Crippen molar-refractivity contribution in [3.8, 4) is 6.07 Å². The van der Waals surface area contributed by atoms with Crippen molar-refractivity contribution in [1.82, 2.24) is 9.47 Å². The molecule has 1 aromatic heterocycles. The van der Waals surface area contributed by atoms with Gasteiger partial charge >= 0.3 is 0 Å². The van der Waals surface area contributed by atoms with Gasteiger partial charge in [-0.2, -0.15) is 5.26 Å². The lowest BCUT2D eigenvalue weighted by Crippen LogP contribution is -2.49. The van der Waals surface area contributed by atoms with E-state index >= 15 is 0 Å². The van der Waals surface area contributed by atoms with E-state index in [4.69, 9.17) is 0 Å². The van der Waals surface area contributed by atoms with E-state index in [1.165, 1.54) is 5.69 Å². The molecule has 0 saturated carbocycles. The summed E-state index contributed by atoms with van der Waals surface area (Å²) in [4.78, 5) is 16.8. The molecule has 1 aromatic carbocycles. The minimum absolute atomic E-state index is 0.180. The van der Waals surface area contributed by atoms with E-state index in [9.17, 15) is 10.1 Å². The lowest BCUT2D eigenvalue weighted by molar-refractivity contribution is -0.126. The van der Waals surface area contributed by atoms with E-state index < -0.39 is 0 Å². The number of nitriles is 1. The summed E-state index contributed by atoms with van der Waals surface area (Å²) in [5, 5.41) is 9.50. The van der Waals surface area contributed by atoms with Gasteiger partial charge in [-0.05, 0) is 43.7 Å². The fourth-order valence-corrected chi connectivity index (χ4v) is 3.30. The minimum atomic E-state index is -0.180. The Balaban J connectivity index is 1.71. The fourth-order valence-electron chi connectivity index (χ4n) is 3.30. The normalized spacial score (nSPS) is 15.1. The topological polar surface area (TPSA) is 52.3 Å². The second-order valence-electron chi connectivity index (χ2n) is 6.67. The van der Waals surface area contributed by atoms with Gasteiger partial charge in [0.1, 0.15) is 11.6 Å². The smallest absolute Gasteiger partial charge is 0.264 e. The molecule has 0 aliphatic carbocycles. The number of aromatic nitrogens is 1. The van der Waals surface area contributed by atoms with Crippen LogP contribution in [0.3, 0.4) is 0 Å². The fraction of sp³-hybridized carbons (Fsp3) is 0.333. The third kappa shape index (κ3) is 3.50. The second kappa shape index (κ2) is 7.49. The zero-order valence-corrected chi connectivity index (χ0v) is 15.6. The summed E-state index contributed by atoms with van der Waals surface area (Å²) < 4.78 is 2.06. The highest BCUT2D eigenvalue weighted by Crippen LogP contribution is 2.19. The minimum Gasteiger partial charge on any atom is -0.368 e. The Hall–Kier alpha value is -3.00. The summed E-state index contributed by atoms with van der Waals surface area (Å²) in [6.45, 7) is 6.81. The number of carbonyl (C=O) groups excluding carboxylic acids is 1. The maximum atomic E-state index is 12.8. The van der Waals surface area contributed by atoms with Gasteiger partial charge in [0, 0.05) is 50.3 Å². The molecule has 0 spiro atoms. The summed E-state index contributed by atoms with van der Waals surface area (Å²) in [6.07, 6.45) is 1.72. The predicted molar refractivity (Wildman–Crippen MR) is 104 cm³/mol. The maximum Gasteiger partial charge on any atom is 0.264 e. The standard InChI is InChI=1S/C21H24N4O/c1-16-13-18(17(2)23(16)3)14-19(15-22)21(26)25-11-9-24(10-12-25)20-7-5-4-6-8-20/h4-8,13-14H,9-12H2,1-3H3/b19-14-. The van der Waals surface area contributed by atoms with Crippen molar-refractivity contribution in [2.45, 2.75) is 13.8 Å². The SMILES string of the molecule is Cc1cc(/C=C(/C#N)C(=O)N2CCN(c3ccccc3)CC2)c(C)n1C. The molecular weight excluding hydrogens is 324 g/mol. The Morgan fingerprint density at radius 1 is 1.12 bits per heavy atom. The Kier molecular flexibility index (Phi) is 5.13. The summed E-state index contributed by atoms with van der Waals surface area (Å²) in [6, 6.07) is 14.3. The first-order chi connectivity index (χ1) is 12.5. The van der Waals surface area contributed by atoms with Crippen LogP contribution >= 0.6 is 0 Å². The Labute approximate surface area is 154 Å². The molecule has 134 valence electrons. The van der Waals surface area contributed by atoms with E-state index in [2.05, 4.69) is 27.7 Å². The number of aryl methyl sites for hydroxylation is 1. The summed E-state index contributed by atoms with van der Waals surface area (Å²) in [7, 11) is 1.98. The highest BCUT2D eigenvalue weighted by atomic mass is 16.2. The van der Waals surface area contributed by atoms with Crippen LogP contribution in [0, 0.1) is 25.2 Å². The molecule has 0 unspecified atom stereocenters. The molecule has 1 saturated heterocycles. The number of rotatable bonds is 3. The van der Waals surface area contributed by atoms with E-state index in [0.717, 1.165) is 30.0 Å². The largest absolute Gasteiger partial charge is 0.368 e. The number of hydrogen-bond donors (Lipinski definition) is 0. The summed E-state index contributed by atoms with van der Waals surface area (Å²) in [5.41, 5.74) is 4.46. The summed E-state index contributed by atoms with van der Waals surface area (Å²) >= 11 is 0. The molecule has 0 N–H and O–H groups in total. The number of amides is 1. The zero-order chi connectivity index (χ0) is 18.7. The Morgan fingerprint density at radius 2 is 1.77 bits per heavy atom. The third-order valence-corrected chi connectivity index (χ3v) is 5.15. The first-order valence-electron chi connectivity index (χ1n) is 8.85. The number of hydrogen-bond acceptors (Lipinski definition) is 3. The monoisotopic (exact) mass is 348 g/mol. The van der Waals surface area contributed by atoms with Crippen molar-refractivity contribution in [2.24, 2.45) is 7.05 Å². The number of piperazine rings is 1. The molecule has 1 amide bonds. The Morgan fingerprint density at radius 3 is 2.31 bits per heavy atom. The van der Waals surface area contributed by atoms with Crippen molar-refractivity contribution in [1.29, 1.82) is 5.26 Å². The summed E-state index contributed by atoms with van der Waals surface area (Å²) in [5.74, 6) is -0.180. The lowest BCUT2D eigenvalue weighted by atomic mass is 10.1. The van der Waals surface area contributed by atoms with Gasteiger partial charge in [0.25, 0.3) is 5.91 Å². The lowest BCUT2D eigenvalue weighted by Gasteiger charge is -2.36. The first kappa shape index (κ1) is 17.8. The molecule has 0 bridgehead atoms. The molecule has 1 fully saturated rings. The number of carbonyl (C=O) groups is 1. The van der Waals surface area contributed by atoms with Crippen LogP contribution in [-0.2, 0) is 11.8 Å². The van der Waals surface area contributed by atoms with Crippen LogP contribution in [0.2, 0.25) is 0 Å². The molecular formula is C21H24N4O. The number of para-hydroxylation sites is 1. The van der Waals surface area contributed by atoms with Crippen LogP contribution in [0.1, 0.15) is 17.0 Å². The predicted octanol–water partition coefficient (Wildman–Crippen LogP) is 2.90. The van der Waals surface area contributed by atoms with Crippen molar-refractivity contribution in [3.63, 3.8) is 0 Å². The first-order valence-corrected chi connectivity index (χ1v) is 8.85. The highest BCUT2D eigenvalue weighted by Gasteiger charge is 2.24. The van der Waals surface area contributed by atoms with Crippen molar-refractivity contribution in [3.05, 3.63) is 58.9 Å². The van der Waals surface area contributed by atoms with Gasteiger partial charge in [-0.25, -0.2) is 0 Å². The van der Waals surface area contributed by atoms with Crippen LogP contribution in [-0.4, -0.2) is 41.6 Å². The van der Waals surface area contributed by atoms with Gasteiger partial charge in [-0.1, -0.05) is 18.2 Å². The van der Waals surface area contributed by atoms with Gasteiger partial charge in [-0.3, -0.25) is 4.79 Å². The molecule has 2 heterocycles. The molecule has 2 aromatic rings. The van der Waals surface area contributed by atoms with E-state index in [1.807, 2.05) is 45.2 Å².